The highest BCUT2D eigenvalue weighted by atomic mass is 28.3. The number of hydrogen-bond donors (Lipinski definition) is 0. The van der Waals surface area contributed by atoms with Gasteiger partial charge >= 0.3 is 0 Å². The molecule has 2 heterocycles. The summed E-state index contributed by atoms with van der Waals surface area (Å²) in [5.41, 5.74) is 5.98. The summed E-state index contributed by atoms with van der Waals surface area (Å²) in [5, 5.41) is 7.50. The number of aromatic nitrogens is 2. The molecule has 222 valence electrons. The third-order valence-corrected chi connectivity index (χ3v) is 14.2. The first kappa shape index (κ1) is 27.3. The van der Waals surface area contributed by atoms with E-state index in [0.29, 0.717) is 0 Å². The highest BCUT2D eigenvalue weighted by Gasteiger charge is 2.43. The smallest absolute Gasteiger partial charge is 0.180 e. The van der Waals surface area contributed by atoms with Crippen LogP contribution < -0.4 is 20.7 Å². The van der Waals surface area contributed by atoms with Crippen LogP contribution in [-0.4, -0.2) is 17.6 Å². The normalized spacial score (nSPS) is 11.8. The zero-order valence-electron chi connectivity index (χ0n) is 25.6. The third-order valence-electron chi connectivity index (χ3n) is 9.37. The largest absolute Gasteiger partial charge is 0.456 e. The molecule has 0 bridgehead atoms. The van der Waals surface area contributed by atoms with E-state index in [2.05, 4.69) is 174 Å². The molecule has 0 radical (unpaired) electrons. The molecule has 0 amide bonds. The van der Waals surface area contributed by atoms with Gasteiger partial charge in [0.25, 0.3) is 0 Å². The number of imidazole rings is 1. The summed E-state index contributed by atoms with van der Waals surface area (Å²) < 4.78 is 8.55. The molecule has 7 aromatic carbocycles. The molecule has 2 aromatic heterocycles. The van der Waals surface area contributed by atoms with Crippen molar-refractivity contribution in [3.8, 4) is 17.1 Å². The predicted molar refractivity (Wildman–Crippen MR) is 197 cm³/mol. The first-order valence-electron chi connectivity index (χ1n) is 16.0. The van der Waals surface area contributed by atoms with Gasteiger partial charge in [0.05, 0.1) is 11.0 Å². The topological polar surface area (TPSA) is 31.0 Å². The Morgan fingerprint density at radius 3 is 1.72 bits per heavy atom. The van der Waals surface area contributed by atoms with Crippen molar-refractivity contribution < 1.29 is 4.42 Å². The van der Waals surface area contributed by atoms with Crippen LogP contribution in [0.2, 0.25) is 0 Å². The van der Waals surface area contributed by atoms with Gasteiger partial charge in [-0.05, 0) is 57.1 Å². The van der Waals surface area contributed by atoms with Gasteiger partial charge in [0, 0.05) is 22.0 Å². The van der Waals surface area contributed by atoms with Crippen LogP contribution in [0.25, 0.3) is 50.0 Å². The molecule has 0 atom stereocenters. The first-order chi connectivity index (χ1) is 23.3. The van der Waals surface area contributed by atoms with Crippen LogP contribution in [0.15, 0.2) is 186 Å². The second-order valence-corrected chi connectivity index (χ2v) is 15.7. The SMILES string of the molecule is c1ccc([Si](c2ccccc2)(c2ccccc2)c2ccccc2-c2nc3ccccc3n2-c2ccc3oc4ccccc4c3c2)cc1. The van der Waals surface area contributed by atoms with Crippen molar-refractivity contribution in [1.29, 1.82) is 0 Å². The van der Waals surface area contributed by atoms with Crippen LogP contribution in [0.5, 0.6) is 0 Å². The van der Waals surface area contributed by atoms with E-state index in [0.717, 1.165) is 50.0 Å². The summed E-state index contributed by atoms with van der Waals surface area (Å²) in [6, 6.07) is 65.3. The van der Waals surface area contributed by atoms with Crippen molar-refractivity contribution in [2.24, 2.45) is 0 Å². The molecular weight excluding hydrogens is 589 g/mol. The highest BCUT2D eigenvalue weighted by Crippen LogP contribution is 2.34. The molecule has 0 aliphatic carbocycles. The van der Waals surface area contributed by atoms with Gasteiger partial charge in [0.15, 0.2) is 8.07 Å². The Kier molecular flexibility index (Phi) is 6.47. The third kappa shape index (κ3) is 4.30. The lowest BCUT2D eigenvalue weighted by atomic mass is 10.1. The zero-order valence-corrected chi connectivity index (χ0v) is 26.6. The van der Waals surface area contributed by atoms with E-state index < -0.39 is 8.07 Å². The minimum atomic E-state index is -2.84. The molecule has 4 heteroatoms. The Hall–Kier alpha value is -5.97. The van der Waals surface area contributed by atoms with E-state index in [1.807, 2.05) is 12.1 Å². The van der Waals surface area contributed by atoms with Crippen molar-refractivity contribution in [1.82, 2.24) is 9.55 Å². The number of fused-ring (bicyclic) bond motifs is 4. The molecule has 0 fully saturated rings. The van der Waals surface area contributed by atoms with Crippen molar-refractivity contribution in [2.75, 3.05) is 0 Å². The van der Waals surface area contributed by atoms with E-state index in [9.17, 15) is 0 Å². The molecule has 0 unspecified atom stereocenters. The summed E-state index contributed by atoms with van der Waals surface area (Å²) in [4.78, 5) is 5.41. The van der Waals surface area contributed by atoms with Crippen LogP contribution in [0, 0.1) is 0 Å². The minimum Gasteiger partial charge on any atom is -0.456 e. The highest BCUT2D eigenvalue weighted by molar-refractivity contribution is 7.20. The molecule has 3 nitrogen and oxygen atoms in total. The number of benzene rings is 7. The van der Waals surface area contributed by atoms with Crippen molar-refractivity contribution in [3.63, 3.8) is 0 Å². The van der Waals surface area contributed by atoms with Gasteiger partial charge in [-0.3, -0.25) is 4.57 Å². The van der Waals surface area contributed by atoms with Gasteiger partial charge in [0.1, 0.15) is 17.0 Å². The van der Waals surface area contributed by atoms with Crippen LogP contribution in [0.3, 0.4) is 0 Å². The lowest BCUT2D eigenvalue weighted by molar-refractivity contribution is 0.669. The van der Waals surface area contributed by atoms with E-state index in [4.69, 9.17) is 9.40 Å². The fraction of sp³-hybridized carbons (Fsp3) is 0. The summed E-state index contributed by atoms with van der Waals surface area (Å²) in [5.74, 6) is 0.925. The maximum absolute atomic E-state index is 6.22. The summed E-state index contributed by atoms with van der Waals surface area (Å²) in [7, 11) is -2.84. The van der Waals surface area contributed by atoms with Gasteiger partial charge < -0.3 is 4.42 Å². The molecular formula is C43H30N2OSi. The summed E-state index contributed by atoms with van der Waals surface area (Å²) in [6.45, 7) is 0. The minimum absolute atomic E-state index is 0.880. The van der Waals surface area contributed by atoms with Crippen molar-refractivity contribution >= 4 is 61.8 Å². The molecule has 0 N–H and O–H groups in total. The van der Waals surface area contributed by atoms with Crippen molar-refractivity contribution in [3.05, 3.63) is 182 Å². The van der Waals surface area contributed by atoms with E-state index in [1.165, 1.54) is 20.7 Å². The molecule has 0 aliphatic heterocycles. The standard InChI is InChI=1S/C43H30N2OSi/c1-4-16-32(17-5-1)47(33-18-6-2-7-19-33,34-20-8-3-9-21-34)42-27-15-11-23-36(42)43-44-38-24-12-13-25-39(38)45(43)31-28-29-41-37(30-31)35-22-10-14-26-40(35)46-41/h1-30H. The monoisotopic (exact) mass is 618 g/mol. The van der Waals surface area contributed by atoms with Crippen LogP contribution in [-0.2, 0) is 0 Å². The maximum Gasteiger partial charge on any atom is 0.180 e. The van der Waals surface area contributed by atoms with E-state index in [-0.39, 0.29) is 0 Å². The van der Waals surface area contributed by atoms with E-state index >= 15 is 0 Å². The molecule has 0 spiro atoms. The van der Waals surface area contributed by atoms with Crippen LogP contribution in [0.4, 0.5) is 0 Å². The molecule has 9 aromatic rings. The Balaban J connectivity index is 1.39. The number of furan rings is 1. The van der Waals surface area contributed by atoms with Crippen LogP contribution >= 0.6 is 0 Å². The average Bonchev–Trinajstić information content (AvgIpc) is 3.72. The van der Waals surface area contributed by atoms with Gasteiger partial charge in [-0.1, -0.05) is 146 Å². The average molecular weight is 619 g/mol. The van der Waals surface area contributed by atoms with Gasteiger partial charge in [-0.25, -0.2) is 4.98 Å². The van der Waals surface area contributed by atoms with Crippen LogP contribution in [0.1, 0.15) is 0 Å². The Bertz CT molecular complexity index is 2420. The lowest BCUT2D eigenvalue weighted by Gasteiger charge is -2.35. The summed E-state index contributed by atoms with van der Waals surface area (Å²) in [6.07, 6.45) is 0. The maximum atomic E-state index is 6.22. The van der Waals surface area contributed by atoms with E-state index in [1.54, 1.807) is 0 Å². The molecule has 0 aliphatic rings. The fourth-order valence-corrected chi connectivity index (χ4v) is 12.3. The number of rotatable bonds is 6. The fourth-order valence-electron chi connectivity index (χ4n) is 7.36. The number of para-hydroxylation sites is 3. The van der Waals surface area contributed by atoms with Gasteiger partial charge in [0.2, 0.25) is 0 Å². The zero-order chi connectivity index (χ0) is 31.2. The Morgan fingerprint density at radius 1 is 0.468 bits per heavy atom. The summed E-state index contributed by atoms with van der Waals surface area (Å²) >= 11 is 0. The molecule has 9 rings (SSSR count). The Morgan fingerprint density at radius 2 is 1.02 bits per heavy atom. The van der Waals surface area contributed by atoms with Crippen molar-refractivity contribution in [2.45, 2.75) is 0 Å². The Labute approximate surface area is 274 Å². The second kappa shape index (κ2) is 11.1. The first-order valence-corrected chi connectivity index (χ1v) is 18.0. The number of nitrogens with zero attached hydrogens (tertiary/aromatic N) is 2. The lowest BCUT2D eigenvalue weighted by Crippen LogP contribution is -2.75. The van der Waals surface area contributed by atoms with Gasteiger partial charge in [-0.15, -0.1) is 0 Å². The molecule has 47 heavy (non-hydrogen) atoms. The number of hydrogen-bond acceptors (Lipinski definition) is 2. The predicted octanol–water partition coefficient (Wildman–Crippen LogP) is 7.97. The second-order valence-electron chi connectivity index (χ2n) is 11.9. The molecule has 0 saturated heterocycles. The van der Waals surface area contributed by atoms with Gasteiger partial charge in [-0.2, -0.15) is 0 Å². The molecule has 0 saturated carbocycles. The quantitative estimate of drug-likeness (QED) is 0.140.